The van der Waals surface area contributed by atoms with Crippen molar-refractivity contribution in [2.75, 3.05) is 5.33 Å². The van der Waals surface area contributed by atoms with Gasteiger partial charge in [0, 0.05) is 27.9 Å². The van der Waals surface area contributed by atoms with E-state index in [1.165, 1.54) is 6.07 Å². The average Bonchev–Trinajstić information content (AvgIpc) is 2.36. The van der Waals surface area contributed by atoms with Gasteiger partial charge in [-0.05, 0) is 44.9 Å². The van der Waals surface area contributed by atoms with E-state index in [2.05, 4.69) is 15.9 Å². The molecule has 0 fully saturated rings. The number of allylic oxidation sites excluding steroid dienone is 2. The van der Waals surface area contributed by atoms with E-state index in [0.29, 0.717) is 16.5 Å². The lowest BCUT2D eigenvalue weighted by atomic mass is 9.96. The molecule has 0 aliphatic rings. The maximum atomic E-state index is 11.5. The van der Waals surface area contributed by atoms with Gasteiger partial charge in [-0.15, -0.1) is 0 Å². The van der Waals surface area contributed by atoms with Crippen molar-refractivity contribution >= 4 is 32.5 Å². The van der Waals surface area contributed by atoms with Crippen LogP contribution in [0.3, 0.4) is 0 Å². The molecule has 0 radical (unpaired) electrons. The van der Waals surface area contributed by atoms with Crippen molar-refractivity contribution in [1.29, 1.82) is 0 Å². The molecule has 0 aliphatic heterocycles. The molecule has 0 saturated carbocycles. The van der Waals surface area contributed by atoms with E-state index in [9.17, 15) is 9.90 Å². The largest absolute Gasteiger partial charge is 0.507 e. The molecule has 0 saturated heterocycles. The molecule has 1 aromatic heterocycles. The van der Waals surface area contributed by atoms with E-state index in [0.717, 1.165) is 27.7 Å². The zero-order valence-corrected chi connectivity index (χ0v) is 13.6. The zero-order valence-electron chi connectivity index (χ0n) is 12.0. The minimum Gasteiger partial charge on any atom is -0.507 e. The molecule has 2 rings (SSSR count). The number of halogens is 1. The summed E-state index contributed by atoms with van der Waals surface area (Å²) in [6, 6.07) is 3.36. The summed E-state index contributed by atoms with van der Waals surface area (Å²) in [5.74, 6) is 0.168. The summed E-state index contributed by atoms with van der Waals surface area (Å²) in [5.41, 5.74) is 4.46. The molecule has 20 heavy (non-hydrogen) atoms. The van der Waals surface area contributed by atoms with Crippen molar-refractivity contribution < 1.29 is 9.52 Å². The lowest BCUT2D eigenvalue weighted by Crippen LogP contribution is -2.01. The Morgan fingerprint density at radius 1 is 1.30 bits per heavy atom. The standard InChI is InChI=1S/C16H17BrO3/c1-8(2)13(7-17)12-6-11-9(3)5-14(18)20-16(11)10(4)15(12)19/h5-6,19H,7H2,1-4H3. The van der Waals surface area contributed by atoms with Crippen molar-refractivity contribution in [3.8, 4) is 5.75 Å². The Morgan fingerprint density at radius 2 is 1.95 bits per heavy atom. The van der Waals surface area contributed by atoms with Crippen LogP contribution in [-0.2, 0) is 0 Å². The van der Waals surface area contributed by atoms with Crippen molar-refractivity contribution in [3.63, 3.8) is 0 Å². The fourth-order valence-electron chi connectivity index (χ4n) is 2.30. The molecular formula is C16H17BrO3. The smallest absolute Gasteiger partial charge is 0.336 e. The molecule has 1 aromatic carbocycles. The third-order valence-electron chi connectivity index (χ3n) is 3.51. The summed E-state index contributed by atoms with van der Waals surface area (Å²) in [6.45, 7) is 7.65. The van der Waals surface area contributed by atoms with Gasteiger partial charge in [-0.2, -0.15) is 0 Å². The van der Waals surface area contributed by atoms with E-state index >= 15 is 0 Å². The molecule has 0 spiro atoms. The van der Waals surface area contributed by atoms with Crippen LogP contribution in [0.2, 0.25) is 0 Å². The third-order valence-corrected chi connectivity index (χ3v) is 4.07. The molecule has 0 unspecified atom stereocenters. The van der Waals surface area contributed by atoms with Gasteiger partial charge in [-0.3, -0.25) is 0 Å². The minimum absolute atomic E-state index is 0.168. The SMILES string of the molecule is CC(C)=C(CBr)c1cc2c(C)cc(=O)oc2c(C)c1O. The van der Waals surface area contributed by atoms with Crippen LogP contribution in [0.25, 0.3) is 16.5 Å². The number of fused-ring (bicyclic) bond motifs is 1. The molecule has 2 aromatic rings. The third kappa shape index (κ3) is 2.40. The molecule has 0 bridgehead atoms. The van der Waals surface area contributed by atoms with Crippen molar-refractivity contribution in [3.05, 3.63) is 44.8 Å². The van der Waals surface area contributed by atoms with E-state index < -0.39 is 5.63 Å². The van der Waals surface area contributed by atoms with Gasteiger partial charge >= 0.3 is 5.63 Å². The van der Waals surface area contributed by atoms with Gasteiger partial charge in [-0.25, -0.2) is 4.79 Å². The maximum Gasteiger partial charge on any atom is 0.336 e. The van der Waals surface area contributed by atoms with E-state index in [1.807, 2.05) is 26.8 Å². The Kier molecular flexibility index (Phi) is 4.04. The van der Waals surface area contributed by atoms with Crippen molar-refractivity contribution in [1.82, 2.24) is 0 Å². The molecule has 1 N–H and O–H groups in total. The van der Waals surface area contributed by atoms with Crippen LogP contribution < -0.4 is 5.63 Å². The molecule has 1 heterocycles. The number of alkyl halides is 1. The van der Waals surface area contributed by atoms with Crippen LogP contribution in [0.15, 0.2) is 26.9 Å². The first kappa shape index (κ1) is 14.9. The molecule has 0 atom stereocenters. The second-order valence-corrected chi connectivity index (χ2v) is 5.70. The van der Waals surface area contributed by atoms with Gasteiger partial charge in [0.05, 0.1) is 0 Å². The monoisotopic (exact) mass is 336 g/mol. The highest BCUT2D eigenvalue weighted by Crippen LogP contribution is 2.36. The first-order chi connectivity index (χ1) is 9.36. The van der Waals surface area contributed by atoms with Gasteiger partial charge in [0.15, 0.2) is 0 Å². The predicted octanol–water partition coefficient (Wildman–Crippen LogP) is 4.30. The summed E-state index contributed by atoms with van der Waals surface area (Å²) in [4.78, 5) is 11.5. The van der Waals surface area contributed by atoms with Gasteiger partial charge in [0.1, 0.15) is 11.3 Å². The first-order valence-electron chi connectivity index (χ1n) is 6.36. The van der Waals surface area contributed by atoms with Gasteiger partial charge in [-0.1, -0.05) is 21.5 Å². The number of rotatable bonds is 2. The number of benzene rings is 1. The molecular weight excluding hydrogens is 320 g/mol. The lowest BCUT2D eigenvalue weighted by Gasteiger charge is -2.14. The molecule has 106 valence electrons. The second-order valence-electron chi connectivity index (χ2n) is 5.14. The maximum absolute atomic E-state index is 11.5. The van der Waals surface area contributed by atoms with Gasteiger partial charge in [0.2, 0.25) is 0 Å². The first-order valence-corrected chi connectivity index (χ1v) is 7.48. The van der Waals surface area contributed by atoms with Crippen LogP contribution >= 0.6 is 15.9 Å². The Hall–Kier alpha value is -1.55. The number of phenolic OH excluding ortho intramolecular Hbond substituents is 1. The Labute approximate surface area is 126 Å². The Balaban J connectivity index is 2.94. The molecule has 4 heteroatoms. The van der Waals surface area contributed by atoms with E-state index in [-0.39, 0.29) is 5.75 Å². The quantitative estimate of drug-likeness (QED) is 0.656. The highest BCUT2D eigenvalue weighted by Gasteiger charge is 2.16. The normalized spacial score (nSPS) is 10.8. The van der Waals surface area contributed by atoms with Crippen molar-refractivity contribution in [2.24, 2.45) is 0 Å². The highest BCUT2D eigenvalue weighted by atomic mass is 79.9. The van der Waals surface area contributed by atoms with Crippen LogP contribution in [0, 0.1) is 13.8 Å². The van der Waals surface area contributed by atoms with Crippen molar-refractivity contribution in [2.45, 2.75) is 27.7 Å². The van der Waals surface area contributed by atoms with Gasteiger partial charge in [0.25, 0.3) is 0 Å². The highest BCUT2D eigenvalue weighted by molar-refractivity contribution is 9.09. The Bertz CT molecular complexity index is 765. The Morgan fingerprint density at radius 3 is 2.50 bits per heavy atom. The molecule has 0 amide bonds. The van der Waals surface area contributed by atoms with Crippen LogP contribution in [-0.4, -0.2) is 10.4 Å². The topological polar surface area (TPSA) is 50.4 Å². The molecule has 0 aliphatic carbocycles. The second kappa shape index (κ2) is 5.44. The van der Waals surface area contributed by atoms with Crippen LogP contribution in [0.1, 0.15) is 30.5 Å². The number of aryl methyl sites for hydroxylation is 2. The molecule has 3 nitrogen and oxygen atoms in total. The van der Waals surface area contributed by atoms with E-state index in [4.69, 9.17) is 4.42 Å². The number of aromatic hydroxyl groups is 1. The number of phenols is 1. The summed E-state index contributed by atoms with van der Waals surface area (Å²) in [7, 11) is 0. The summed E-state index contributed by atoms with van der Waals surface area (Å²) in [5, 5.41) is 11.9. The number of hydrogen-bond donors (Lipinski definition) is 1. The van der Waals surface area contributed by atoms with Crippen LogP contribution in [0.4, 0.5) is 0 Å². The van der Waals surface area contributed by atoms with Gasteiger partial charge < -0.3 is 9.52 Å². The van der Waals surface area contributed by atoms with Crippen LogP contribution in [0.5, 0.6) is 5.75 Å². The number of hydrogen-bond acceptors (Lipinski definition) is 3. The summed E-state index contributed by atoms with van der Waals surface area (Å²) >= 11 is 3.46. The minimum atomic E-state index is -0.395. The van der Waals surface area contributed by atoms with E-state index in [1.54, 1.807) is 6.92 Å². The average molecular weight is 337 g/mol. The predicted molar refractivity (Wildman–Crippen MR) is 85.7 cm³/mol. The lowest BCUT2D eigenvalue weighted by molar-refractivity contribution is 0.466. The fraction of sp³-hybridized carbons (Fsp3) is 0.312. The summed E-state index contributed by atoms with van der Waals surface area (Å²) in [6.07, 6.45) is 0. The summed E-state index contributed by atoms with van der Waals surface area (Å²) < 4.78 is 5.24. The fourth-order valence-corrected chi connectivity index (χ4v) is 3.17. The zero-order chi connectivity index (χ0) is 15.0.